The number of hydrogen-bond donors (Lipinski definition) is 1. The summed E-state index contributed by atoms with van der Waals surface area (Å²) in [6.07, 6.45) is 6.30. The maximum atomic E-state index is 11.8. The van der Waals surface area contributed by atoms with Gasteiger partial charge in [-0.25, -0.2) is 5.43 Å². The predicted octanol–water partition coefficient (Wildman–Crippen LogP) is 4.83. The molecule has 0 bridgehead atoms. The van der Waals surface area contributed by atoms with Gasteiger partial charge in [-0.2, -0.15) is 5.10 Å². The fourth-order valence-corrected chi connectivity index (χ4v) is 2.48. The summed E-state index contributed by atoms with van der Waals surface area (Å²) in [4.78, 5) is 11.8. The van der Waals surface area contributed by atoms with Gasteiger partial charge in [0.2, 0.25) is 0 Å². The van der Waals surface area contributed by atoms with Crippen LogP contribution in [0.15, 0.2) is 53.6 Å². The first kappa shape index (κ1) is 20.8. The van der Waals surface area contributed by atoms with Crippen LogP contribution < -0.4 is 14.9 Å². The monoisotopic (exact) mass is 388 g/mol. The van der Waals surface area contributed by atoms with E-state index in [4.69, 9.17) is 21.1 Å². The lowest BCUT2D eigenvalue weighted by molar-refractivity contribution is -0.123. The number of benzene rings is 2. The smallest absolute Gasteiger partial charge is 0.277 e. The van der Waals surface area contributed by atoms with E-state index in [9.17, 15) is 4.79 Å². The average Bonchev–Trinajstić information content (AvgIpc) is 2.68. The van der Waals surface area contributed by atoms with Crippen molar-refractivity contribution in [2.75, 3.05) is 13.2 Å². The largest absolute Gasteiger partial charge is 0.494 e. The summed E-state index contributed by atoms with van der Waals surface area (Å²) >= 11 is 5.96. The number of para-hydroxylation sites is 1. The Morgan fingerprint density at radius 1 is 1.07 bits per heavy atom. The molecule has 2 rings (SSSR count). The van der Waals surface area contributed by atoms with Crippen molar-refractivity contribution < 1.29 is 14.3 Å². The molecule has 0 atom stereocenters. The van der Waals surface area contributed by atoms with Crippen LogP contribution in [0.2, 0.25) is 5.02 Å². The first-order valence-electron chi connectivity index (χ1n) is 9.11. The Morgan fingerprint density at radius 2 is 1.85 bits per heavy atom. The highest BCUT2D eigenvalue weighted by molar-refractivity contribution is 6.32. The molecule has 0 saturated heterocycles. The Labute approximate surface area is 165 Å². The molecule has 6 heteroatoms. The van der Waals surface area contributed by atoms with Gasteiger partial charge in [-0.15, -0.1) is 0 Å². The topological polar surface area (TPSA) is 59.9 Å². The molecular weight excluding hydrogens is 364 g/mol. The molecule has 0 aromatic heterocycles. The van der Waals surface area contributed by atoms with Gasteiger partial charge < -0.3 is 9.47 Å². The van der Waals surface area contributed by atoms with E-state index >= 15 is 0 Å². The lowest BCUT2D eigenvalue weighted by Crippen LogP contribution is -2.24. The van der Waals surface area contributed by atoms with E-state index in [2.05, 4.69) is 17.5 Å². The van der Waals surface area contributed by atoms with Crippen molar-refractivity contribution in [3.05, 3.63) is 59.1 Å². The van der Waals surface area contributed by atoms with Crippen LogP contribution in [0.5, 0.6) is 11.5 Å². The summed E-state index contributed by atoms with van der Waals surface area (Å²) in [5, 5.41) is 4.38. The van der Waals surface area contributed by atoms with Crippen LogP contribution in [-0.2, 0) is 4.79 Å². The SMILES string of the molecule is CCCCCCOc1ccc(/C=N/NC(=O)COc2ccccc2Cl)cc1. The van der Waals surface area contributed by atoms with Gasteiger partial charge in [0.15, 0.2) is 6.61 Å². The van der Waals surface area contributed by atoms with Crippen LogP contribution in [0.4, 0.5) is 0 Å². The number of unbranched alkanes of at least 4 members (excludes halogenated alkanes) is 3. The summed E-state index contributed by atoms with van der Waals surface area (Å²) in [6, 6.07) is 14.5. The lowest BCUT2D eigenvalue weighted by atomic mass is 10.2. The molecule has 0 aliphatic carbocycles. The molecule has 2 aromatic rings. The minimum atomic E-state index is -0.363. The second-order valence-electron chi connectivity index (χ2n) is 5.99. The van der Waals surface area contributed by atoms with E-state index < -0.39 is 0 Å². The van der Waals surface area contributed by atoms with Gasteiger partial charge in [-0.1, -0.05) is 49.9 Å². The number of rotatable bonds is 11. The number of nitrogens with one attached hydrogen (secondary N) is 1. The molecule has 0 radical (unpaired) electrons. The van der Waals surface area contributed by atoms with Gasteiger partial charge in [0.05, 0.1) is 17.8 Å². The maximum Gasteiger partial charge on any atom is 0.277 e. The Kier molecular flexibility index (Phi) is 9.21. The zero-order valence-electron chi connectivity index (χ0n) is 15.5. The predicted molar refractivity (Wildman–Crippen MR) is 109 cm³/mol. The summed E-state index contributed by atoms with van der Waals surface area (Å²) in [5.41, 5.74) is 3.28. The van der Waals surface area contributed by atoms with E-state index in [-0.39, 0.29) is 12.5 Å². The molecular formula is C21H25ClN2O3. The zero-order chi connectivity index (χ0) is 19.3. The highest BCUT2D eigenvalue weighted by Crippen LogP contribution is 2.22. The van der Waals surface area contributed by atoms with Gasteiger partial charge in [0.1, 0.15) is 11.5 Å². The molecule has 0 spiro atoms. The van der Waals surface area contributed by atoms with E-state index in [1.807, 2.05) is 24.3 Å². The van der Waals surface area contributed by atoms with Crippen LogP contribution in [0, 0.1) is 0 Å². The number of carbonyl (C=O) groups excluding carboxylic acids is 1. The van der Waals surface area contributed by atoms with E-state index in [1.54, 1.807) is 30.5 Å². The molecule has 0 aliphatic heterocycles. The molecule has 0 aliphatic rings. The Hall–Kier alpha value is -2.53. The minimum Gasteiger partial charge on any atom is -0.494 e. The van der Waals surface area contributed by atoms with Crippen molar-refractivity contribution in [1.29, 1.82) is 0 Å². The van der Waals surface area contributed by atoms with Gasteiger partial charge in [0.25, 0.3) is 5.91 Å². The fraction of sp³-hybridized carbons (Fsp3) is 0.333. The normalized spacial score (nSPS) is 10.7. The van der Waals surface area contributed by atoms with Crippen LogP contribution in [0.25, 0.3) is 0 Å². The molecule has 1 amide bonds. The summed E-state index contributed by atoms with van der Waals surface area (Å²) in [7, 11) is 0. The Morgan fingerprint density at radius 3 is 2.59 bits per heavy atom. The molecule has 0 unspecified atom stereocenters. The lowest BCUT2D eigenvalue weighted by Gasteiger charge is -2.06. The molecule has 0 fully saturated rings. The third-order valence-corrected chi connectivity index (χ3v) is 4.06. The molecule has 2 aromatic carbocycles. The first-order valence-corrected chi connectivity index (χ1v) is 9.49. The molecule has 1 N–H and O–H groups in total. The second kappa shape index (κ2) is 12.0. The van der Waals surface area contributed by atoms with Crippen molar-refractivity contribution in [1.82, 2.24) is 5.43 Å². The van der Waals surface area contributed by atoms with Crippen molar-refractivity contribution in [3.63, 3.8) is 0 Å². The highest BCUT2D eigenvalue weighted by atomic mass is 35.5. The van der Waals surface area contributed by atoms with Crippen LogP contribution >= 0.6 is 11.6 Å². The second-order valence-corrected chi connectivity index (χ2v) is 6.40. The fourth-order valence-electron chi connectivity index (χ4n) is 2.29. The number of hydrazone groups is 1. The summed E-state index contributed by atoms with van der Waals surface area (Å²) in [6.45, 7) is 2.76. The van der Waals surface area contributed by atoms with Gasteiger partial charge >= 0.3 is 0 Å². The van der Waals surface area contributed by atoms with E-state index in [0.29, 0.717) is 10.8 Å². The molecule has 0 saturated carbocycles. The minimum absolute atomic E-state index is 0.161. The Bertz CT molecular complexity index is 732. The van der Waals surface area contributed by atoms with Gasteiger partial charge in [-0.05, 0) is 48.4 Å². The number of nitrogens with zero attached hydrogens (tertiary/aromatic N) is 1. The number of ether oxygens (including phenoxy) is 2. The molecule has 5 nitrogen and oxygen atoms in total. The third-order valence-electron chi connectivity index (χ3n) is 3.75. The van der Waals surface area contributed by atoms with Crippen molar-refractivity contribution in [2.45, 2.75) is 32.6 Å². The summed E-state index contributed by atoms with van der Waals surface area (Å²) in [5.74, 6) is 0.933. The molecule has 144 valence electrons. The van der Waals surface area contributed by atoms with Crippen LogP contribution in [-0.4, -0.2) is 25.3 Å². The quantitative estimate of drug-likeness (QED) is 0.341. The highest BCUT2D eigenvalue weighted by Gasteiger charge is 2.04. The van der Waals surface area contributed by atoms with Gasteiger partial charge in [-0.3, -0.25) is 4.79 Å². The van der Waals surface area contributed by atoms with Crippen LogP contribution in [0.1, 0.15) is 38.2 Å². The number of hydrogen-bond acceptors (Lipinski definition) is 4. The average molecular weight is 389 g/mol. The first-order chi connectivity index (χ1) is 13.2. The van der Waals surface area contributed by atoms with Crippen molar-refractivity contribution in [2.24, 2.45) is 5.10 Å². The number of carbonyl (C=O) groups is 1. The standard InChI is InChI=1S/C21H25ClN2O3/c1-2-3-4-7-14-26-18-12-10-17(11-13-18)15-23-24-21(25)16-27-20-9-6-5-8-19(20)22/h5-6,8-13,15H,2-4,7,14,16H2,1H3,(H,24,25)/b23-15+. The number of halogens is 1. The molecule has 0 heterocycles. The van der Waals surface area contributed by atoms with Crippen LogP contribution in [0.3, 0.4) is 0 Å². The number of amides is 1. The maximum absolute atomic E-state index is 11.8. The molecule has 27 heavy (non-hydrogen) atoms. The van der Waals surface area contributed by atoms with Crippen molar-refractivity contribution >= 4 is 23.7 Å². The van der Waals surface area contributed by atoms with Crippen molar-refractivity contribution in [3.8, 4) is 11.5 Å². The van der Waals surface area contributed by atoms with E-state index in [0.717, 1.165) is 24.3 Å². The Balaban J connectivity index is 1.69. The summed E-state index contributed by atoms with van der Waals surface area (Å²) < 4.78 is 11.0. The zero-order valence-corrected chi connectivity index (χ0v) is 16.2. The van der Waals surface area contributed by atoms with E-state index in [1.165, 1.54) is 19.3 Å². The third kappa shape index (κ3) is 8.13. The van der Waals surface area contributed by atoms with Gasteiger partial charge in [0, 0.05) is 0 Å².